The van der Waals surface area contributed by atoms with Crippen LogP contribution in [0.15, 0.2) is 30.3 Å². The van der Waals surface area contributed by atoms with Gasteiger partial charge in [-0.1, -0.05) is 69.9 Å². The zero-order chi connectivity index (χ0) is 29.7. The third-order valence-electron chi connectivity index (χ3n) is 8.58. The van der Waals surface area contributed by atoms with Gasteiger partial charge in [0.05, 0.1) is 6.10 Å². The number of hydrogen-bond acceptors (Lipinski definition) is 6. The maximum atomic E-state index is 14.6. The number of rotatable bonds is 18. The van der Waals surface area contributed by atoms with Gasteiger partial charge in [0, 0.05) is 38.2 Å². The van der Waals surface area contributed by atoms with Crippen molar-refractivity contribution < 1.29 is 37.4 Å². The third-order valence-corrected chi connectivity index (χ3v) is 8.58. The van der Waals surface area contributed by atoms with E-state index in [0.29, 0.717) is 32.3 Å². The van der Waals surface area contributed by atoms with Crippen molar-refractivity contribution in [3.63, 3.8) is 0 Å². The Morgan fingerprint density at radius 2 is 1.80 bits per heavy atom. The van der Waals surface area contributed by atoms with Crippen molar-refractivity contribution in [1.29, 1.82) is 0 Å². The van der Waals surface area contributed by atoms with Crippen molar-refractivity contribution in [3.05, 3.63) is 35.9 Å². The number of carbonyl (C=O) groups excluding carboxylic acids is 3. The molecule has 1 aromatic carbocycles. The Labute approximate surface area is 243 Å². The summed E-state index contributed by atoms with van der Waals surface area (Å²) in [4.78, 5) is 37.6. The molecule has 1 heterocycles. The molecule has 5 atom stereocenters. The SMILES string of the molecule is CC[C@H](C)CC(F)(F)C(=O)CC[C@H]1[C@H](OC2CCCCO2)CC(=O)[C@@H]1CCCCCCC(=O)OCc1ccccc1. The van der Waals surface area contributed by atoms with Gasteiger partial charge in [-0.25, -0.2) is 0 Å². The number of esters is 1. The molecule has 6 nitrogen and oxygen atoms in total. The number of ketones is 2. The molecule has 41 heavy (non-hydrogen) atoms. The van der Waals surface area contributed by atoms with Gasteiger partial charge >= 0.3 is 11.9 Å². The molecule has 1 unspecified atom stereocenters. The van der Waals surface area contributed by atoms with E-state index in [-0.39, 0.29) is 61.7 Å². The van der Waals surface area contributed by atoms with Crippen LogP contribution < -0.4 is 0 Å². The number of ether oxygens (including phenoxy) is 3. The van der Waals surface area contributed by atoms with Crippen LogP contribution in [0.4, 0.5) is 8.78 Å². The summed E-state index contributed by atoms with van der Waals surface area (Å²) in [5.74, 6) is -5.35. The predicted molar refractivity (Wildman–Crippen MR) is 152 cm³/mol. The van der Waals surface area contributed by atoms with Gasteiger partial charge in [0.2, 0.25) is 5.78 Å². The van der Waals surface area contributed by atoms with Gasteiger partial charge in [-0.3, -0.25) is 14.4 Å². The van der Waals surface area contributed by atoms with Gasteiger partial charge in [0.1, 0.15) is 12.4 Å². The lowest BCUT2D eigenvalue weighted by atomic mass is 9.84. The van der Waals surface area contributed by atoms with Gasteiger partial charge < -0.3 is 14.2 Å². The number of hydrogen-bond donors (Lipinski definition) is 0. The van der Waals surface area contributed by atoms with E-state index in [2.05, 4.69) is 0 Å². The summed E-state index contributed by atoms with van der Waals surface area (Å²) >= 11 is 0. The van der Waals surface area contributed by atoms with E-state index in [9.17, 15) is 23.2 Å². The lowest BCUT2D eigenvalue weighted by Gasteiger charge is -2.30. The van der Waals surface area contributed by atoms with Crippen LogP contribution in [0.1, 0.15) is 109 Å². The molecule has 0 N–H and O–H groups in total. The van der Waals surface area contributed by atoms with Gasteiger partial charge in [0.25, 0.3) is 0 Å². The number of benzene rings is 1. The monoisotopic (exact) mass is 578 g/mol. The lowest BCUT2D eigenvalue weighted by Crippen LogP contribution is -2.34. The van der Waals surface area contributed by atoms with Crippen LogP contribution in [0.2, 0.25) is 0 Å². The molecule has 2 aliphatic rings. The quantitative estimate of drug-likeness (QED) is 0.132. The smallest absolute Gasteiger partial charge is 0.306 e. The maximum Gasteiger partial charge on any atom is 0.306 e. The van der Waals surface area contributed by atoms with Crippen molar-refractivity contribution >= 4 is 17.5 Å². The average Bonchev–Trinajstić information content (AvgIpc) is 3.26. The number of carbonyl (C=O) groups is 3. The van der Waals surface area contributed by atoms with Crippen LogP contribution in [-0.4, -0.2) is 42.5 Å². The molecule has 1 aliphatic heterocycles. The summed E-state index contributed by atoms with van der Waals surface area (Å²) in [6.07, 6.45) is 6.43. The fourth-order valence-corrected chi connectivity index (χ4v) is 5.90. The molecule has 0 radical (unpaired) electrons. The summed E-state index contributed by atoms with van der Waals surface area (Å²) in [5.41, 5.74) is 0.954. The zero-order valence-corrected chi connectivity index (χ0v) is 24.8. The van der Waals surface area contributed by atoms with Crippen LogP contribution in [0.25, 0.3) is 0 Å². The molecule has 230 valence electrons. The van der Waals surface area contributed by atoms with Crippen LogP contribution in [-0.2, 0) is 35.2 Å². The van der Waals surface area contributed by atoms with E-state index in [1.807, 2.05) is 37.3 Å². The first-order valence-corrected chi connectivity index (χ1v) is 15.6. The Morgan fingerprint density at radius 1 is 1.05 bits per heavy atom. The van der Waals surface area contributed by atoms with Crippen LogP contribution in [0.5, 0.6) is 0 Å². The molecule has 3 rings (SSSR count). The molecule has 0 amide bonds. The predicted octanol–water partition coefficient (Wildman–Crippen LogP) is 7.61. The Kier molecular flexibility index (Phi) is 13.9. The summed E-state index contributed by atoms with van der Waals surface area (Å²) in [6, 6.07) is 9.55. The van der Waals surface area contributed by atoms with Crippen molar-refractivity contribution in [2.75, 3.05) is 6.61 Å². The molecule has 2 fully saturated rings. The molecule has 1 aliphatic carbocycles. The number of alkyl halides is 2. The molecular formula is C33H48F2O6. The van der Waals surface area contributed by atoms with Gasteiger partial charge in [0.15, 0.2) is 6.29 Å². The van der Waals surface area contributed by atoms with E-state index in [1.54, 1.807) is 6.92 Å². The summed E-state index contributed by atoms with van der Waals surface area (Å²) < 4.78 is 46.4. The Hall–Kier alpha value is -2.19. The highest BCUT2D eigenvalue weighted by Crippen LogP contribution is 2.40. The minimum atomic E-state index is -3.35. The topological polar surface area (TPSA) is 78.9 Å². The largest absolute Gasteiger partial charge is 0.461 e. The first-order chi connectivity index (χ1) is 19.7. The van der Waals surface area contributed by atoms with E-state index in [0.717, 1.165) is 44.1 Å². The second-order valence-corrected chi connectivity index (χ2v) is 11.9. The summed E-state index contributed by atoms with van der Waals surface area (Å²) in [7, 11) is 0. The number of halogens is 2. The minimum absolute atomic E-state index is 0.0825. The maximum absolute atomic E-state index is 14.6. The standard InChI is InChI=1S/C33H48F2O6/c1-3-24(2)22-33(34,35)30(37)19-18-27-26(28(36)21-29(27)41-32-17-11-12-20-39-32)15-9-4-5-10-16-31(38)40-23-25-13-7-6-8-14-25/h6-8,13-14,24,26-27,29,32H,3-5,9-12,15-23H2,1-2H3/t24-,26+,27+,29+,32?/m0/s1. The first-order valence-electron chi connectivity index (χ1n) is 15.6. The lowest BCUT2D eigenvalue weighted by molar-refractivity contribution is -0.196. The number of Topliss-reactive ketones (excluding diaryl/α,β-unsaturated/α-hetero) is 2. The molecular weight excluding hydrogens is 530 g/mol. The Morgan fingerprint density at radius 3 is 2.51 bits per heavy atom. The third kappa shape index (κ3) is 11.2. The van der Waals surface area contributed by atoms with Gasteiger partial charge in [-0.05, 0) is 55.9 Å². The van der Waals surface area contributed by atoms with E-state index >= 15 is 0 Å². The zero-order valence-electron chi connectivity index (χ0n) is 24.8. The van der Waals surface area contributed by atoms with E-state index in [4.69, 9.17) is 14.2 Å². The summed E-state index contributed by atoms with van der Waals surface area (Å²) in [6.45, 7) is 4.45. The molecule has 0 spiro atoms. The van der Waals surface area contributed by atoms with Crippen LogP contribution in [0.3, 0.4) is 0 Å². The second kappa shape index (κ2) is 17.1. The van der Waals surface area contributed by atoms with Crippen molar-refractivity contribution in [3.8, 4) is 0 Å². The molecule has 8 heteroatoms. The average molecular weight is 579 g/mol. The van der Waals surface area contributed by atoms with Crippen molar-refractivity contribution in [2.24, 2.45) is 17.8 Å². The fraction of sp³-hybridized carbons (Fsp3) is 0.727. The molecule has 1 saturated heterocycles. The van der Waals surface area contributed by atoms with Crippen LogP contribution >= 0.6 is 0 Å². The molecule has 0 aromatic heterocycles. The van der Waals surface area contributed by atoms with E-state index in [1.165, 1.54) is 0 Å². The molecule has 0 bridgehead atoms. The number of unbranched alkanes of at least 4 members (excludes halogenated alkanes) is 3. The molecule has 1 aromatic rings. The van der Waals surface area contributed by atoms with Gasteiger partial charge in [-0.2, -0.15) is 8.78 Å². The Bertz CT molecular complexity index is 946. The van der Waals surface area contributed by atoms with Crippen molar-refractivity contribution in [1.82, 2.24) is 0 Å². The van der Waals surface area contributed by atoms with Crippen molar-refractivity contribution in [2.45, 2.75) is 129 Å². The molecule has 1 saturated carbocycles. The van der Waals surface area contributed by atoms with E-state index < -0.39 is 24.2 Å². The second-order valence-electron chi connectivity index (χ2n) is 11.9. The van der Waals surface area contributed by atoms with Crippen LogP contribution in [0, 0.1) is 17.8 Å². The van der Waals surface area contributed by atoms with Gasteiger partial charge in [-0.15, -0.1) is 0 Å². The highest BCUT2D eigenvalue weighted by Gasteiger charge is 2.45. The minimum Gasteiger partial charge on any atom is -0.461 e. The summed E-state index contributed by atoms with van der Waals surface area (Å²) in [5, 5.41) is 0. The normalized spacial score (nSPS) is 23.9. The first kappa shape index (κ1) is 33.3. The highest BCUT2D eigenvalue weighted by atomic mass is 19.3. The fourth-order valence-electron chi connectivity index (χ4n) is 5.90. The highest BCUT2D eigenvalue weighted by molar-refractivity contribution is 5.86. The Balaban J connectivity index is 1.46.